The SMILES string of the molecule is COc1ccc(Cl)cc1NC(=O)[C@H]1[C@H]2C(=O)N(Cc3ccc4c(c3)OCO4)C(=O)[C@@H]2[C@H]2c3ccccc3C=CN21. The van der Waals surface area contributed by atoms with Crippen LogP contribution >= 0.6 is 11.6 Å². The Morgan fingerprint density at radius 3 is 2.67 bits per heavy atom. The van der Waals surface area contributed by atoms with Gasteiger partial charge in [0.2, 0.25) is 24.5 Å². The number of nitrogens with zero attached hydrogens (tertiary/aromatic N) is 2. The quantitative estimate of drug-likeness (QED) is 0.469. The van der Waals surface area contributed by atoms with E-state index < -0.39 is 29.8 Å². The van der Waals surface area contributed by atoms with Gasteiger partial charge in [-0.25, -0.2) is 0 Å². The second-order valence-corrected chi connectivity index (χ2v) is 10.6. The number of carbonyl (C=O) groups excluding carboxylic acids is 3. The minimum Gasteiger partial charge on any atom is -0.495 e. The number of hydrogen-bond donors (Lipinski definition) is 1. The smallest absolute Gasteiger partial charge is 0.248 e. The molecule has 40 heavy (non-hydrogen) atoms. The second kappa shape index (κ2) is 9.31. The van der Waals surface area contributed by atoms with Crippen LogP contribution in [0.1, 0.15) is 22.7 Å². The molecule has 2 saturated heterocycles. The number of benzene rings is 3. The van der Waals surface area contributed by atoms with E-state index in [-0.39, 0.29) is 25.2 Å². The van der Waals surface area contributed by atoms with Crippen LogP contribution in [0.5, 0.6) is 17.2 Å². The maximum Gasteiger partial charge on any atom is 0.248 e. The molecule has 7 rings (SSSR count). The third-order valence-corrected chi connectivity index (χ3v) is 8.25. The van der Waals surface area contributed by atoms with Crippen LogP contribution in [0.3, 0.4) is 0 Å². The number of methoxy groups -OCH3 is 1. The molecule has 4 heterocycles. The number of imide groups is 1. The largest absolute Gasteiger partial charge is 0.495 e. The van der Waals surface area contributed by atoms with Gasteiger partial charge in [-0.3, -0.25) is 19.3 Å². The first-order valence-corrected chi connectivity index (χ1v) is 13.2. The van der Waals surface area contributed by atoms with Crippen molar-refractivity contribution in [3.8, 4) is 17.2 Å². The highest BCUT2D eigenvalue weighted by molar-refractivity contribution is 6.31. The highest BCUT2D eigenvalue weighted by Gasteiger charge is 2.64. The molecule has 0 unspecified atom stereocenters. The standard InChI is InChI=1S/C30H24ClN3O6/c1-38-21-9-7-18(31)13-20(21)32-28(35)27-25-24(26-19-5-3-2-4-17(19)10-11-33(26)27)29(36)34(30(25)37)14-16-6-8-22-23(12-16)40-15-39-22/h2-13,24-27H,14-15H2,1H3,(H,32,35)/t24-,25-,26+,27+/m0/s1. The molecule has 0 saturated carbocycles. The fourth-order valence-corrected chi connectivity index (χ4v) is 6.45. The van der Waals surface area contributed by atoms with Gasteiger partial charge in [0.25, 0.3) is 0 Å². The van der Waals surface area contributed by atoms with Crippen LogP contribution in [0, 0.1) is 11.8 Å². The van der Waals surface area contributed by atoms with Gasteiger partial charge in [0.15, 0.2) is 11.5 Å². The topological polar surface area (TPSA) is 97.4 Å². The van der Waals surface area contributed by atoms with E-state index in [0.29, 0.717) is 28.0 Å². The molecule has 10 heteroatoms. The average molecular weight is 558 g/mol. The van der Waals surface area contributed by atoms with Gasteiger partial charge < -0.3 is 24.4 Å². The Bertz CT molecular complexity index is 1610. The van der Waals surface area contributed by atoms with E-state index in [0.717, 1.165) is 16.7 Å². The number of fused-ring (bicyclic) bond motifs is 6. The Morgan fingerprint density at radius 1 is 1.02 bits per heavy atom. The third kappa shape index (κ3) is 3.72. The molecule has 3 aromatic carbocycles. The van der Waals surface area contributed by atoms with Gasteiger partial charge in [0, 0.05) is 11.2 Å². The maximum absolute atomic E-state index is 14.0. The minimum atomic E-state index is -0.929. The number of likely N-dealkylation sites (tertiary alicyclic amines) is 1. The molecule has 202 valence electrons. The summed E-state index contributed by atoms with van der Waals surface area (Å²) in [4.78, 5) is 45.1. The van der Waals surface area contributed by atoms with Crippen LogP contribution in [-0.2, 0) is 20.9 Å². The zero-order valence-corrected chi connectivity index (χ0v) is 22.1. The Kier molecular flexibility index (Phi) is 5.71. The number of nitrogens with one attached hydrogen (secondary N) is 1. The molecule has 1 N–H and O–H groups in total. The fraction of sp³-hybridized carbons (Fsp3) is 0.233. The van der Waals surface area contributed by atoms with Crippen LogP contribution in [0.4, 0.5) is 5.69 Å². The lowest BCUT2D eigenvalue weighted by Gasteiger charge is -2.35. The summed E-state index contributed by atoms with van der Waals surface area (Å²) in [5.74, 6) is -1.10. The molecule has 3 amide bonds. The van der Waals surface area contributed by atoms with Crippen LogP contribution < -0.4 is 19.5 Å². The number of halogens is 1. The monoisotopic (exact) mass is 557 g/mol. The number of hydrogen-bond acceptors (Lipinski definition) is 7. The summed E-state index contributed by atoms with van der Waals surface area (Å²) in [5.41, 5.74) is 2.98. The summed E-state index contributed by atoms with van der Waals surface area (Å²) in [6.45, 7) is 0.200. The van der Waals surface area contributed by atoms with Crippen LogP contribution in [0.15, 0.2) is 66.9 Å². The van der Waals surface area contributed by atoms with Gasteiger partial charge in [0.05, 0.1) is 37.2 Å². The van der Waals surface area contributed by atoms with Crippen molar-refractivity contribution in [1.82, 2.24) is 9.80 Å². The van der Waals surface area contributed by atoms with E-state index in [1.165, 1.54) is 12.0 Å². The van der Waals surface area contributed by atoms with Gasteiger partial charge >= 0.3 is 0 Å². The van der Waals surface area contributed by atoms with Crippen molar-refractivity contribution in [2.24, 2.45) is 11.8 Å². The molecule has 0 aliphatic carbocycles. The van der Waals surface area contributed by atoms with Gasteiger partial charge in [-0.15, -0.1) is 0 Å². The molecule has 2 fully saturated rings. The van der Waals surface area contributed by atoms with E-state index >= 15 is 0 Å². The van der Waals surface area contributed by atoms with E-state index in [1.807, 2.05) is 47.5 Å². The zero-order chi connectivity index (χ0) is 27.5. The summed E-state index contributed by atoms with van der Waals surface area (Å²) in [6.07, 6.45) is 3.72. The first-order valence-electron chi connectivity index (χ1n) is 12.9. The molecule has 3 aromatic rings. The Hall–Kier alpha value is -4.50. The number of amides is 3. The van der Waals surface area contributed by atoms with Crippen molar-refractivity contribution in [2.45, 2.75) is 18.6 Å². The van der Waals surface area contributed by atoms with Gasteiger partial charge in [-0.2, -0.15) is 0 Å². The first kappa shape index (κ1) is 24.5. The van der Waals surface area contributed by atoms with Gasteiger partial charge in [0.1, 0.15) is 11.8 Å². The second-order valence-electron chi connectivity index (χ2n) is 10.1. The Morgan fingerprint density at radius 2 is 1.82 bits per heavy atom. The normalized spacial score (nSPS) is 23.6. The molecule has 0 spiro atoms. The summed E-state index contributed by atoms with van der Waals surface area (Å²) in [7, 11) is 1.50. The summed E-state index contributed by atoms with van der Waals surface area (Å²) in [5, 5.41) is 3.33. The van der Waals surface area contributed by atoms with Crippen LogP contribution in [-0.4, -0.2) is 47.5 Å². The van der Waals surface area contributed by atoms with E-state index in [2.05, 4.69) is 5.32 Å². The third-order valence-electron chi connectivity index (χ3n) is 8.02. The van der Waals surface area contributed by atoms with Crippen molar-refractivity contribution in [3.05, 3.63) is 88.6 Å². The lowest BCUT2D eigenvalue weighted by Crippen LogP contribution is -2.46. The molecular formula is C30H24ClN3O6. The Labute approximate surface area is 234 Å². The van der Waals surface area contributed by atoms with Gasteiger partial charge in [-0.1, -0.05) is 41.9 Å². The molecule has 0 bridgehead atoms. The summed E-state index contributed by atoms with van der Waals surface area (Å²) < 4.78 is 16.3. The number of carbonyl (C=O) groups is 3. The molecule has 4 atom stereocenters. The molecule has 0 radical (unpaired) electrons. The molecule has 0 aromatic heterocycles. The highest BCUT2D eigenvalue weighted by atomic mass is 35.5. The number of ether oxygens (including phenoxy) is 3. The van der Waals surface area contributed by atoms with Crippen LogP contribution in [0.25, 0.3) is 6.08 Å². The highest BCUT2D eigenvalue weighted by Crippen LogP contribution is 2.53. The van der Waals surface area contributed by atoms with E-state index in [4.69, 9.17) is 25.8 Å². The van der Waals surface area contributed by atoms with Crippen molar-refractivity contribution in [3.63, 3.8) is 0 Å². The van der Waals surface area contributed by atoms with E-state index in [9.17, 15) is 14.4 Å². The lowest BCUT2D eigenvalue weighted by molar-refractivity contribution is -0.143. The predicted octanol–water partition coefficient (Wildman–Crippen LogP) is 4.23. The van der Waals surface area contributed by atoms with Gasteiger partial charge in [-0.05, 0) is 53.1 Å². The molecule has 4 aliphatic rings. The van der Waals surface area contributed by atoms with E-state index in [1.54, 1.807) is 30.3 Å². The number of anilines is 1. The predicted molar refractivity (Wildman–Crippen MR) is 146 cm³/mol. The maximum atomic E-state index is 14.0. The average Bonchev–Trinajstić information content (AvgIpc) is 3.63. The first-order chi connectivity index (χ1) is 19.4. The molecule has 4 aliphatic heterocycles. The van der Waals surface area contributed by atoms with Crippen molar-refractivity contribution >= 4 is 41.1 Å². The summed E-state index contributed by atoms with van der Waals surface area (Å²) >= 11 is 6.20. The van der Waals surface area contributed by atoms with Crippen molar-refractivity contribution in [1.29, 1.82) is 0 Å². The van der Waals surface area contributed by atoms with Crippen molar-refractivity contribution in [2.75, 3.05) is 19.2 Å². The fourth-order valence-electron chi connectivity index (χ4n) is 6.28. The van der Waals surface area contributed by atoms with Crippen molar-refractivity contribution < 1.29 is 28.6 Å². The minimum absolute atomic E-state index is 0.0714. The molecule has 9 nitrogen and oxygen atoms in total. The lowest BCUT2D eigenvalue weighted by atomic mass is 9.84. The van der Waals surface area contributed by atoms with Crippen LogP contribution in [0.2, 0.25) is 5.02 Å². The Balaban J connectivity index is 1.26. The number of rotatable bonds is 5. The molecular weight excluding hydrogens is 534 g/mol. The summed E-state index contributed by atoms with van der Waals surface area (Å²) in [6, 6.07) is 16.6. The zero-order valence-electron chi connectivity index (χ0n) is 21.4.